The second-order valence-electron chi connectivity index (χ2n) is 5.09. The van der Waals surface area contributed by atoms with Crippen LogP contribution in [0.1, 0.15) is 10.9 Å². The first-order valence-corrected chi connectivity index (χ1v) is 8.45. The first-order valence-electron chi connectivity index (χ1n) is 7.03. The van der Waals surface area contributed by atoms with Gasteiger partial charge < -0.3 is 4.74 Å². The number of carbonyl (C=O) groups is 1. The molecule has 1 saturated heterocycles. The largest absolute Gasteiger partial charge is 0.495 e. The van der Waals surface area contributed by atoms with Crippen LogP contribution in [0.15, 0.2) is 42.5 Å². The molecule has 0 saturated carbocycles. The average Bonchev–Trinajstić information content (AvgIpc) is 2.96. The molecule has 0 aromatic heterocycles. The van der Waals surface area contributed by atoms with E-state index < -0.39 is 4.92 Å². The highest BCUT2D eigenvalue weighted by molar-refractivity contribution is 8.00. The molecule has 24 heavy (non-hydrogen) atoms. The van der Waals surface area contributed by atoms with E-state index in [1.54, 1.807) is 35.2 Å². The van der Waals surface area contributed by atoms with E-state index in [1.165, 1.54) is 31.0 Å². The highest BCUT2D eigenvalue weighted by Gasteiger charge is 2.35. The maximum absolute atomic E-state index is 12.4. The maximum atomic E-state index is 12.4. The van der Waals surface area contributed by atoms with Crippen molar-refractivity contribution in [2.24, 2.45) is 0 Å². The number of thioether (sulfide) groups is 1. The summed E-state index contributed by atoms with van der Waals surface area (Å²) >= 11 is 7.53. The summed E-state index contributed by atoms with van der Waals surface area (Å²) in [5.41, 5.74) is 1.40. The Morgan fingerprint density at radius 3 is 2.62 bits per heavy atom. The van der Waals surface area contributed by atoms with E-state index in [2.05, 4.69) is 0 Å². The Balaban J connectivity index is 2.01. The minimum absolute atomic E-state index is 0.0139. The smallest absolute Gasteiger partial charge is 0.269 e. The SMILES string of the molecule is COc1ccc(Cl)cc1N1C(=O)CSC1c1ccc([N+](=O)[O-])cc1. The maximum Gasteiger partial charge on any atom is 0.269 e. The van der Waals surface area contributed by atoms with Crippen molar-refractivity contribution in [2.75, 3.05) is 17.8 Å². The molecule has 8 heteroatoms. The van der Waals surface area contributed by atoms with Crippen molar-refractivity contribution in [3.05, 3.63) is 63.2 Å². The van der Waals surface area contributed by atoms with Gasteiger partial charge >= 0.3 is 0 Å². The number of nitrogens with zero attached hydrogens (tertiary/aromatic N) is 2. The van der Waals surface area contributed by atoms with E-state index in [0.29, 0.717) is 22.2 Å². The molecule has 1 fully saturated rings. The van der Waals surface area contributed by atoms with Crippen LogP contribution in [0.3, 0.4) is 0 Å². The van der Waals surface area contributed by atoms with Gasteiger partial charge in [-0.05, 0) is 35.9 Å². The van der Waals surface area contributed by atoms with Crippen molar-refractivity contribution >= 4 is 40.6 Å². The lowest BCUT2D eigenvalue weighted by Gasteiger charge is -2.26. The van der Waals surface area contributed by atoms with Crippen molar-refractivity contribution in [3.63, 3.8) is 0 Å². The number of nitro benzene ring substituents is 1. The summed E-state index contributed by atoms with van der Waals surface area (Å²) in [7, 11) is 1.53. The fourth-order valence-corrected chi connectivity index (χ4v) is 3.88. The van der Waals surface area contributed by atoms with E-state index >= 15 is 0 Å². The molecular weight excluding hydrogens is 352 g/mol. The molecule has 1 unspecified atom stereocenters. The van der Waals surface area contributed by atoms with Gasteiger partial charge in [0.05, 0.1) is 23.5 Å². The number of amides is 1. The van der Waals surface area contributed by atoms with Gasteiger partial charge in [0.2, 0.25) is 5.91 Å². The molecule has 2 aromatic rings. The van der Waals surface area contributed by atoms with Crippen molar-refractivity contribution in [1.29, 1.82) is 0 Å². The fraction of sp³-hybridized carbons (Fsp3) is 0.188. The summed E-state index contributed by atoms with van der Waals surface area (Å²) in [5, 5.41) is 11.0. The predicted molar refractivity (Wildman–Crippen MR) is 93.8 cm³/mol. The van der Waals surface area contributed by atoms with Crippen LogP contribution in [0.5, 0.6) is 5.75 Å². The molecule has 0 spiro atoms. The van der Waals surface area contributed by atoms with Gasteiger partial charge in [0.15, 0.2) is 0 Å². The molecule has 1 aliphatic rings. The van der Waals surface area contributed by atoms with Crippen LogP contribution in [-0.4, -0.2) is 23.7 Å². The van der Waals surface area contributed by atoms with E-state index in [4.69, 9.17) is 16.3 Å². The molecule has 6 nitrogen and oxygen atoms in total. The molecule has 0 N–H and O–H groups in total. The Bertz CT molecular complexity index is 797. The number of nitro groups is 1. The third kappa shape index (κ3) is 3.05. The lowest BCUT2D eigenvalue weighted by Crippen LogP contribution is -2.28. The van der Waals surface area contributed by atoms with E-state index in [0.717, 1.165) is 5.56 Å². The summed E-state index contributed by atoms with van der Waals surface area (Å²) in [4.78, 5) is 24.4. The van der Waals surface area contributed by atoms with E-state index in [9.17, 15) is 14.9 Å². The number of hydrogen-bond donors (Lipinski definition) is 0. The van der Waals surface area contributed by atoms with Crippen molar-refractivity contribution in [2.45, 2.75) is 5.37 Å². The molecule has 0 aliphatic carbocycles. The van der Waals surface area contributed by atoms with Gasteiger partial charge in [-0.2, -0.15) is 0 Å². The minimum atomic E-state index is -0.450. The van der Waals surface area contributed by atoms with Gasteiger partial charge in [-0.25, -0.2) is 0 Å². The van der Waals surface area contributed by atoms with Crippen LogP contribution in [0, 0.1) is 10.1 Å². The number of rotatable bonds is 4. The van der Waals surface area contributed by atoms with E-state index in [-0.39, 0.29) is 17.0 Å². The van der Waals surface area contributed by atoms with Crippen LogP contribution < -0.4 is 9.64 Å². The summed E-state index contributed by atoms with van der Waals surface area (Å²) in [6.07, 6.45) is 0. The number of hydrogen-bond acceptors (Lipinski definition) is 5. The van der Waals surface area contributed by atoms with Crippen LogP contribution in [0.2, 0.25) is 5.02 Å². The Hall–Kier alpha value is -2.25. The Kier molecular flexibility index (Phi) is 4.64. The van der Waals surface area contributed by atoms with Crippen molar-refractivity contribution < 1.29 is 14.5 Å². The van der Waals surface area contributed by atoms with Crippen LogP contribution in [0.25, 0.3) is 0 Å². The van der Waals surface area contributed by atoms with Gasteiger partial charge in [0.1, 0.15) is 11.1 Å². The number of non-ortho nitro benzene ring substituents is 1. The highest BCUT2D eigenvalue weighted by Crippen LogP contribution is 2.45. The van der Waals surface area contributed by atoms with Crippen molar-refractivity contribution in [1.82, 2.24) is 0 Å². The fourth-order valence-electron chi connectivity index (χ4n) is 2.54. The van der Waals surface area contributed by atoms with Crippen LogP contribution >= 0.6 is 23.4 Å². The number of methoxy groups -OCH3 is 1. The molecule has 124 valence electrons. The lowest BCUT2D eigenvalue weighted by molar-refractivity contribution is -0.384. The standard InChI is InChI=1S/C16H13ClN2O4S/c1-23-14-7-4-11(17)8-13(14)18-15(20)9-24-16(18)10-2-5-12(6-3-10)19(21)22/h2-8,16H,9H2,1H3. The molecular formula is C16H13ClN2O4S. The molecule has 2 aromatic carbocycles. The number of benzene rings is 2. The van der Waals surface area contributed by atoms with Crippen molar-refractivity contribution in [3.8, 4) is 5.75 Å². The molecule has 1 amide bonds. The third-order valence-corrected chi connectivity index (χ3v) is 5.10. The Labute approximate surface area is 147 Å². The molecule has 3 rings (SSSR count). The molecule has 0 radical (unpaired) electrons. The number of carbonyl (C=O) groups excluding carboxylic acids is 1. The lowest BCUT2D eigenvalue weighted by atomic mass is 10.1. The number of halogens is 1. The number of ether oxygens (including phenoxy) is 1. The normalized spacial score (nSPS) is 17.2. The zero-order valence-electron chi connectivity index (χ0n) is 12.6. The summed E-state index contributed by atoms with van der Waals surface area (Å²) in [6, 6.07) is 11.3. The molecule has 0 bridgehead atoms. The van der Waals surface area contributed by atoms with E-state index in [1.807, 2.05) is 0 Å². The molecule has 1 atom stereocenters. The third-order valence-electron chi connectivity index (χ3n) is 3.66. The van der Waals surface area contributed by atoms with Gasteiger partial charge in [0, 0.05) is 17.2 Å². The molecule has 1 heterocycles. The topological polar surface area (TPSA) is 72.7 Å². The highest BCUT2D eigenvalue weighted by atomic mass is 35.5. The zero-order valence-corrected chi connectivity index (χ0v) is 14.2. The van der Waals surface area contributed by atoms with Gasteiger partial charge in [-0.3, -0.25) is 19.8 Å². The quantitative estimate of drug-likeness (QED) is 0.604. The molecule has 1 aliphatic heterocycles. The second-order valence-corrected chi connectivity index (χ2v) is 6.60. The zero-order chi connectivity index (χ0) is 17.3. The summed E-state index contributed by atoms with van der Waals surface area (Å²) in [6.45, 7) is 0. The second kappa shape index (κ2) is 6.70. The first kappa shape index (κ1) is 16.6. The average molecular weight is 365 g/mol. The monoisotopic (exact) mass is 364 g/mol. The predicted octanol–water partition coefficient (Wildman–Crippen LogP) is 4.04. The Morgan fingerprint density at radius 2 is 2.00 bits per heavy atom. The minimum Gasteiger partial charge on any atom is -0.495 e. The van der Waals surface area contributed by atoms with Gasteiger partial charge in [-0.15, -0.1) is 11.8 Å². The Morgan fingerprint density at radius 1 is 1.29 bits per heavy atom. The summed E-state index contributed by atoms with van der Waals surface area (Å²) in [5.74, 6) is 0.795. The van der Waals surface area contributed by atoms with Gasteiger partial charge in [-0.1, -0.05) is 11.6 Å². The first-order chi connectivity index (χ1) is 11.5. The van der Waals surface area contributed by atoms with Gasteiger partial charge in [0.25, 0.3) is 5.69 Å². The number of anilines is 1. The van der Waals surface area contributed by atoms with Crippen LogP contribution in [0.4, 0.5) is 11.4 Å². The summed E-state index contributed by atoms with van der Waals surface area (Å²) < 4.78 is 5.34. The van der Waals surface area contributed by atoms with Crippen LogP contribution in [-0.2, 0) is 4.79 Å².